The minimum absolute atomic E-state index is 0.0353. The SMILES string of the molecule is N#Cc1cc(CC(=O)O)cc(Oc2ccc(S(=O)(=O)c3ccccc3)cc2F)c1. The van der Waals surface area contributed by atoms with E-state index in [-0.39, 0.29) is 33.3 Å². The van der Waals surface area contributed by atoms with Crippen LogP contribution in [0, 0.1) is 17.1 Å². The van der Waals surface area contributed by atoms with Gasteiger partial charge in [0.2, 0.25) is 9.84 Å². The molecule has 0 saturated carbocycles. The van der Waals surface area contributed by atoms with Crippen molar-refractivity contribution in [2.75, 3.05) is 0 Å². The van der Waals surface area contributed by atoms with Gasteiger partial charge >= 0.3 is 5.97 Å². The number of carbonyl (C=O) groups is 1. The second-order valence-corrected chi connectivity index (χ2v) is 8.01. The molecule has 1 N–H and O–H groups in total. The lowest BCUT2D eigenvalue weighted by atomic mass is 10.1. The third-order valence-corrected chi connectivity index (χ3v) is 5.71. The molecular weight excluding hydrogens is 397 g/mol. The summed E-state index contributed by atoms with van der Waals surface area (Å²) in [5.41, 5.74) is 0.470. The number of benzene rings is 3. The zero-order valence-electron chi connectivity index (χ0n) is 14.9. The van der Waals surface area contributed by atoms with E-state index in [1.165, 1.54) is 42.5 Å². The summed E-state index contributed by atoms with van der Waals surface area (Å²) < 4.78 is 45.1. The van der Waals surface area contributed by atoms with Gasteiger partial charge in [-0.25, -0.2) is 12.8 Å². The Labute approximate surface area is 166 Å². The fourth-order valence-corrected chi connectivity index (χ4v) is 3.95. The third kappa shape index (κ3) is 4.59. The Balaban J connectivity index is 1.92. The lowest BCUT2D eigenvalue weighted by Crippen LogP contribution is -2.03. The van der Waals surface area contributed by atoms with Gasteiger partial charge in [-0.15, -0.1) is 0 Å². The van der Waals surface area contributed by atoms with E-state index in [0.717, 1.165) is 6.07 Å². The van der Waals surface area contributed by atoms with Gasteiger partial charge in [-0.2, -0.15) is 5.26 Å². The first kappa shape index (κ1) is 20.0. The van der Waals surface area contributed by atoms with Crippen LogP contribution in [0.1, 0.15) is 11.1 Å². The van der Waals surface area contributed by atoms with Crippen molar-refractivity contribution in [2.45, 2.75) is 16.2 Å². The molecule has 0 atom stereocenters. The summed E-state index contributed by atoms with van der Waals surface area (Å²) in [4.78, 5) is 10.7. The molecule has 0 heterocycles. The number of rotatable bonds is 6. The van der Waals surface area contributed by atoms with E-state index in [0.29, 0.717) is 5.56 Å². The zero-order valence-corrected chi connectivity index (χ0v) is 15.7. The Morgan fingerprint density at radius 2 is 1.76 bits per heavy atom. The molecule has 0 radical (unpaired) electrons. The van der Waals surface area contributed by atoms with Crippen LogP contribution in [0.3, 0.4) is 0 Å². The summed E-state index contributed by atoms with van der Waals surface area (Å²) in [5, 5.41) is 18.0. The highest BCUT2D eigenvalue weighted by Gasteiger charge is 2.19. The first-order valence-corrected chi connectivity index (χ1v) is 9.81. The quantitative estimate of drug-likeness (QED) is 0.659. The molecule has 0 amide bonds. The Bertz CT molecular complexity index is 1220. The Kier molecular flexibility index (Phi) is 5.61. The van der Waals surface area contributed by atoms with Crippen LogP contribution >= 0.6 is 0 Å². The largest absolute Gasteiger partial charge is 0.481 e. The Hall–Kier alpha value is -3.70. The summed E-state index contributed by atoms with van der Waals surface area (Å²) in [5.74, 6) is -2.19. The van der Waals surface area contributed by atoms with Crippen molar-refractivity contribution in [3.63, 3.8) is 0 Å². The van der Waals surface area contributed by atoms with Crippen LogP contribution in [0.15, 0.2) is 76.5 Å². The molecule has 3 rings (SSSR count). The highest BCUT2D eigenvalue weighted by Crippen LogP contribution is 2.30. The molecule has 3 aromatic carbocycles. The molecular formula is C21H14FNO5S. The van der Waals surface area contributed by atoms with Gasteiger partial charge in [-0.1, -0.05) is 18.2 Å². The number of ether oxygens (including phenoxy) is 1. The van der Waals surface area contributed by atoms with Crippen molar-refractivity contribution in [3.05, 3.63) is 83.7 Å². The zero-order chi connectivity index (χ0) is 21.0. The first-order chi connectivity index (χ1) is 13.8. The predicted octanol–water partition coefficient (Wildman–Crippen LogP) is 3.95. The van der Waals surface area contributed by atoms with Crippen molar-refractivity contribution < 1.29 is 27.4 Å². The summed E-state index contributed by atoms with van der Waals surface area (Å²) in [6.45, 7) is 0. The van der Waals surface area contributed by atoms with Crippen molar-refractivity contribution in [3.8, 4) is 17.6 Å². The van der Waals surface area contributed by atoms with Crippen molar-refractivity contribution in [1.82, 2.24) is 0 Å². The van der Waals surface area contributed by atoms with Gasteiger partial charge in [0, 0.05) is 0 Å². The van der Waals surface area contributed by atoms with E-state index >= 15 is 0 Å². The number of halogens is 1. The summed E-state index contributed by atoms with van der Waals surface area (Å²) in [6, 6.07) is 16.9. The van der Waals surface area contributed by atoms with E-state index in [1.54, 1.807) is 18.2 Å². The molecule has 8 heteroatoms. The van der Waals surface area contributed by atoms with E-state index in [2.05, 4.69) is 0 Å². The van der Waals surface area contributed by atoms with Gasteiger partial charge in [-0.3, -0.25) is 4.79 Å². The van der Waals surface area contributed by atoms with Crippen LogP contribution in [-0.2, 0) is 21.1 Å². The molecule has 0 aliphatic carbocycles. The monoisotopic (exact) mass is 411 g/mol. The molecule has 0 unspecified atom stereocenters. The maximum atomic E-state index is 14.5. The Morgan fingerprint density at radius 3 is 2.38 bits per heavy atom. The number of sulfone groups is 1. The molecule has 29 heavy (non-hydrogen) atoms. The Morgan fingerprint density at radius 1 is 1.03 bits per heavy atom. The van der Waals surface area contributed by atoms with Gasteiger partial charge in [0.05, 0.1) is 27.8 Å². The number of hydrogen-bond acceptors (Lipinski definition) is 5. The molecule has 146 valence electrons. The fourth-order valence-electron chi connectivity index (χ4n) is 2.66. The maximum absolute atomic E-state index is 14.5. The van der Waals surface area contributed by atoms with Crippen LogP contribution in [0.5, 0.6) is 11.5 Å². The van der Waals surface area contributed by atoms with E-state index in [4.69, 9.17) is 15.1 Å². The van der Waals surface area contributed by atoms with Gasteiger partial charge in [0.15, 0.2) is 11.6 Å². The standard InChI is InChI=1S/C21H14FNO5S/c22-19-12-18(29(26,27)17-4-2-1-3-5-17)6-7-20(19)28-16-9-14(11-21(24)25)8-15(10-16)13-23/h1-10,12H,11H2,(H,24,25). The molecule has 0 aliphatic rings. The summed E-state index contributed by atoms with van der Waals surface area (Å²) >= 11 is 0. The van der Waals surface area contributed by atoms with Gasteiger partial charge in [0.1, 0.15) is 5.75 Å². The molecule has 3 aromatic rings. The molecule has 0 aromatic heterocycles. The average Bonchev–Trinajstić information content (AvgIpc) is 2.69. The molecule has 0 bridgehead atoms. The fraction of sp³-hybridized carbons (Fsp3) is 0.0476. The first-order valence-electron chi connectivity index (χ1n) is 8.33. The topological polar surface area (TPSA) is 104 Å². The van der Waals surface area contributed by atoms with Gasteiger partial charge in [-0.05, 0) is 54.1 Å². The molecule has 6 nitrogen and oxygen atoms in total. The number of hydrogen-bond donors (Lipinski definition) is 1. The van der Waals surface area contributed by atoms with Crippen molar-refractivity contribution in [2.24, 2.45) is 0 Å². The normalized spacial score (nSPS) is 10.9. The molecule has 0 aliphatic heterocycles. The third-order valence-electron chi connectivity index (χ3n) is 3.95. The van der Waals surface area contributed by atoms with E-state index < -0.39 is 21.6 Å². The van der Waals surface area contributed by atoms with E-state index in [9.17, 15) is 17.6 Å². The minimum atomic E-state index is -3.89. The van der Waals surface area contributed by atoms with Crippen LogP contribution < -0.4 is 4.74 Å². The smallest absolute Gasteiger partial charge is 0.307 e. The molecule has 0 fully saturated rings. The highest BCUT2D eigenvalue weighted by molar-refractivity contribution is 7.91. The lowest BCUT2D eigenvalue weighted by Gasteiger charge is -2.10. The van der Waals surface area contributed by atoms with E-state index in [1.807, 2.05) is 6.07 Å². The van der Waals surface area contributed by atoms with Crippen LogP contribution in [0.2, 0.25) is 0 Å². The van der Waals surface area contributed by atoms with Crippen molar-refractivity contribution >= 4 is 15.8 Å². The van der Waals surface area contributed by atoms with Gasteiger partial charge < -0.3 is 9.84 Å². The number of nitrogens with zero attached hydrogens (tertiary/aromatic N) is 1. The second kappa shape index (κ2) is 8.12. The number of nitriles is 1. The van der Waals surface area contributed by atoms with Crippen LogP contribution in [0.25, 0.3) is 0 Å². The molecule has 0 saturated heterocycles. The molecule has 0 spiro atoms. The highest BCUT2D eigenvalue weighted by atomic mass is 32.2. The van der Waals surface area contributed by atoms with Crippen LogP contribution in [-0.4, -0.2) is 19.5 Å². The number of carboxylic acid groups (broad SMARTS) is 1. The minimum Gasteiger partial charge on any atom is -0.481 e. The second-order valence-electron chi connectivity index (χ2n) is 6.06. The van der Waals surface area contributed by atoms with Crippen molar-refractivity contribution in [1.29, 1.82) is 5.26 Å². The van der Waals surface area contributed by atoms with Crippen LogP contribution in [0.4, 0.5) is 4.39 Å². The number of carboxylic acids is 1. The predicted molar refractivity (Wildman–Crippen MR) is 101 cm³/mol. The summed E-state index contributed by atoms with van der Waals surface area (Å²) in [7, 11) is -3.89. The summed E-state index contributed by atoms with van der Waals surface area (Å²) in [6.07, 6.45) is -0.331. The maximum Gasteiger partial charge on any atom is 0.307 e. The number of aliphatic carboxylic acids is 1. The van der Waals surface area contributed by atoms with Gasteiger partial charge in [0.25, 0.3) is 0 Å². The average molecular weight is 411 g/mol. The lowest BCUT2D eigenvalue weighted by molar-refractivity contribution is -0.136.